The summed E-state index contributed by atoms with van der Waals surface area (Å²) >= 11 is 0. The van der Waals surface area contributed by atoms with Gasteiger partial charge in [-0.3, -0.25) is 0 Å². The maximum atomic E-state index is 12.9. The Hall–Kier alpha value is -2.18. The molecule has 1 atom stereocenters. The highest BCUT2D eigenvalue weighted by Crippen LogP contribution is 2.40. The highest BCUT2D eigenvalue weighted by Gasteiger charge is 2.48. The Morgan fingerprint density at radius 2 is 2.05 bits per heavy atom. The third-order valence-corrected chi connectivity index (χ3v) is 2.89. The number of fused-ring (bicyclic) bond motifs is 1. The number of carboxylic acids is 1. The van der Waals surface area contributed by atoms with E-state index >= 15 is 0 Å². The second-order valence-corrected chi connectivity index (χ2v) is 4.31. The Labute approximate surface area is 112 Å². The van der Waals surface area contributed by atoms with Crippen LogP contribution in [-0.2, 0) is 4.79 Å². The minimum atomic E-state index is -4.80. The SMILES string of the molecule is COc1cc(C)c2c(c1)C=C(C(=O)O)C(C(F)(F)F)O2. The first-order valence-corrected chi connectivity index (χ1v) is 5.61. The third kappa shape index (κ3) is 2.43. The van der Waals surface area contributed by atoms with Crippen LogP contribution >= 0.6 is 0 Å². The van der Waals surface area contributed by atoms with E-state index in [9.17, 15) is 18.0 Å². The van der Waals surface area contributed by atoms with E-state index in [4.69, 9.17) is 14.6 Å². The van der Waals surface area contributed by atoms with E-state index in [0.717, 1.165) is 6.08 Å². The number of ether oxygens (including phenoxy) is 2. The molecule has 108 valence electrons. The zero-order valence-corrected chi connectivity index (χ0v) is 10.6. The number of hydrogen-bond donors (Lipinski definition) is 1. The summed E-state index contributed by atoms with van der Waals surface area (Å²) < 4.78 is 48.5. The molecule has 0 radical (unpaired) electrons. The number of carboxylic acid groups (broad SMARTS) is 1. The topological polar surface area (TPSA) is 55.8 Å². The molecule has 0 fully saturated rings. The molecular formula is C13H11F3O4. The van der Waals surface area contributed by atoms with Gasteiger partial charge in [0.05, 0.1) is 12.7 Å². The van der Waals surface area contributed by atoms with Crippen LogP contribution in [0, 0.1) is 6.92 Å². The van der Waals surface area contributed by atoms with E-state index in [1.54, 1.807) is 6.92 Å². The second-order valence-electron chi connectivity index (χ2n) is 4.31. The Bertz CT molecular complexity index is 590. The van der Waals surface area contributed by atoms with Crippen molar-refractivity contribution in [1.82, 2.24) is 0 Å². The molecule has 0 bridgehead atoms. The summed E-state index contributed by atoms with van der Waals surface area (Å²) in [5.41, 5.74) is -0.160. The van der Waals surface area contributed by atoms with Crippen LogP contribution in [0.4, 0.5) is 13.2 Å². The lowest BCUT2D eigenvalue weighted by atomic mass is 9.99. The van der Waals surface area contributed by atoms with Gasteiger partial charge in [0.25, 0.3) is 0 Å². The van der Waals surface area contributed by atoms with E-state index < -0.39 is 23.8 Å². The average molecular weight is 288 g/mol. The molecule has 20 heavy (non-hydrogen) atoms. The fourth-order valence-corrected chi connectivity index (χ4v) is 1.99. The van der Waals surface area contributed by atoms with Crippen LogP contribution in [0.15, 0.2) is 17.7 Å². The first-order chi connectivity index (χ1) is 9.24. The van der Waals surface area contributed by atoms with Gasteiger partial charge in [0, 0.05) is 5.56 Å². The van der Waals surface area contributed by atoms with Crippen molar-refractivity contribution in [3.8, 4) is 11.5 Å². The van der Waals surface area contributed by atoms with E-state index in [-0.39, 0.29) is 11.3 Å². The van der Waals surface area contributed by atoms with Crippen LogP contribution in [0.25, 0.3) is 6.08 Å². The van der Waals surface area contributed by atoms with Gasteiger partial charge in [-0.25, -0.2) is 4.79 Å². The summed E-state index contributed by atoms with van der Waals surface area (Å²) in [5, 5.41) is 8.91. The van der Waals surface area contributed by atoms with Crippen LogP contribution in [0.5, 0.6) is 11.5 Å². The van der Waals surface area contributed by atoms with Gasteiger partial charge in [0.2, 0.25) is 6.10 Å². The maximum absolute atomic E-state index is 12.9. The Kier molecular flexibility index (Phi) is 3.37. The molecule has 1 aromatic rings. The molecular weight excluding hydrogens is 277 g/mol. The quantitative estimate of drug-likeness (QED) is 0.909. The standard InChI is InChI=1S/C13H11F3O4/c1-6-3-8(19-2)4-7-5-9(12(17)18)11(13(14,15)16)20-10(6)7/h3-5,11H,1-2H3,(H,17,18). The first-order valence-electron chi connectivity index (χ1n) is 5.61. The van der Waals surface area contributed by atoms with Gasteiger partial charge in [0.1, 0.15) is 11.5 Å². The molecule has 0 saturated carbocycles. The molecule has 1 aliphatic rings. The van der Waals surface area contributed by atoms with E-state index in [1.165, 1.54) is 19.2 Å². The van der Waals surface area contributed by atoms with Gasteiger partial charge in [-0.15, -0.1) is 0 Å². The zero-order chi connectivity index (χ0) is 15.1. The molecule has 0 aromatic heterocycles. The van der Waals surface area contributed by atoms with E-state index in [2.05, 4.69) is 0 Å². The van der Waals surface area contributed by atoms with E-state index in [0.29, 0.717) is 11.3 Å². The first kappa shape index (κ1) is 14.2. The summed E-state index contributed by atoms with van der Waals surface area (Å²) in [7, 11) is 1.41. The van der Waals surface area contributed by atoms with E-state index in [1.807, 2.05) is 0 Å². The van der Waals surface area contributed by atoms with Crippen LogP contribution in [0.3, 0.4) is 0 Å². The van der Waals surface area contributed by atoms with Crippen LogP contribution in [-0.4, -0.2) is 30.5 Å². The molecule has 0 amide bonds. The normalized spacial score (nSPS) is 17.9. The van der Waals surface area contributed by atoms with Gasteiger partial charge in [-0.2, -0.15) is 13.2 Å². The van der Waals surface area contributed by atoms with Crippen LogP contribution < -0.4 is 9.47 Å². The Morgan fingerprint density at radius 1 is 1.40 bits per heavy atom. The monoisotopic (exact) mass is 288 g/mol. The maximum Gasteiger partial charge on any atom is 0.430 e. The summed E-state index contributed by atoms with van der Waals surface area (Å²) in [6.07, 6.45) is -6.30. The molecule has 7 heteroatoms. The number of methoxy groups -OCH3 is 1. The third-order valence-electron chi connectivity index (χ3n) is 2.89. The van der Waals surface area contributed by atoms with Gasteiger partial charge >= 0.3 is 12.1 Å². The molecule has 4 nitrogen and oxygen atoms in total. The Morgan fingerprint density at radius 3 is 2.55 bits per heavy atom. The van der Waals surface area contributed by atoms with Gasteiger partial charge in [-0.1, -0.05) is 0 Å². The second kappa shape index (κ2) is 4.73. The summed E-state index contributed by atoms with van der Waals surface area (Å²) in [6, 6.07) is 2.95. The van der Waals surface area contributed by atoms with Crippen molar-refractivity contribution in [2.45, 2.75) is 19.2 Å². The summed E-state index contributed by atoms with van der Waals surface area (Å²) in [5.74, 6) is -1.24. The molecule has 1 unspecified atom stereocenters. The zero-order valence-electron chi connectivity index (χ0n) is 10.6. The minimum Gasteiger partial charge on any atom is -0.497 e. The molecule has 1 aliphatic heterocycles. The number of rotatable bonds is 2. The number of alkyl halides is 3. The van der Waals surface area contributed by atoms with Crippen molar-refractivity contribution < 1.29 is 32.5 Å². The number of benzene rings is 1. The molecule has 1 heterocycles. The summed E-state index contributed by atoms with van der Waals surface area (Å²) in [4.78, 5) is 11.0. The number of halogens is 3. The highest BCUT2D eigenvalue weighted by atomic mass is 19.4. The van der Waals surface area contributed by atoms with Gasteiger partial charge in [-0.05, 0) is 30.7 Å². The van der Waals surface area contributed by atoms with Gasteiger partial charge in [0.15, 0.2) is 0 Å². The lowest BCUT2D eigenvalue weighted by Gasteiger charge is -2.28. The van der Waals surface area contributed by atoms with Crippen molar-refractivity contribution in [3.05, 3.63) is 28.8 Å². The van der Waals surface area contributed by atoms with Crippen LogP contribution in [0.2, 0.25) is 0 Å². The largest absolute Gasteiger partial charge is 0.497 e. The lowest BCUT2D eigenvalue weighted by molar-refractivity contribution is -0.187. The molecule has 1 N–H and O–H groups in total. The molecule has 0 aliphatic carbocycles. The molecule has 1 aromatic carbocycles. The Balaban J connectivity index is 2.60. The number of carbonyl (C=O) groups is 1. The predicted octanol–water partition coefficient (Wildman–Crippen LogP) is 2.79. The van der Waals surface area contributed by atoms with Crippen molar-refractivity contribution in [3.63, 3.8) is 0 Å². The molecule has 2 rings (SSSR count). The number of aryl methyl sites for hydroxylation is 1. The summed E-state index contributed by atoms with van der Waals surface area (Å²) in [6.45, 7) is 1.56. The van der Waals surface area contributed by atoms with Crippen molar-refractivity contribution in [2.75, 3.05) is 7.11 Å². The van der Waals surface area contributed by atoms with Crippen molar-refractivity contribution in [2.24, 2.45) is 0 Å². The van der Waals surface area contributed by atoms with Gasteiger partial charge < -0.3 is 14.6 Å². The van der Waals surface area contributed by atoms with Crippen LogP contribution in [0.1, 0.15) is 11.1 Å². The highest BCUT2D eigenvalue weighted by molar-refractivity contribution is 5.95. The molecule has 0 saturated heterocycles. The number of aliphatic carboxylic acids is 1. The van der Waals surface area contributed by atoms with Crippen molar-refractivity contribution >= 4 is 12.0 Å². The minimum absolute atomic E-state index is 0.0122. The predicted molar refractivity (Wildman–Crippen MR) is 63.8 cm³/mol. The molecule has 0 spiro atoms. The average Bonchev–Trinajstić information content (AvgIpc) is 2.35. The van der Waals surface area contributed by atoms with Crippen molar-refractivity contribution in [1.29, 1.82) is 0 Å². The smallest absolute Gasteiger partial charge is 0.430 e. The fourth-order valence-electron chi connectivity index (χ4n) is 1.99. The fraction of sp³-hybridized carbons (Fsp3) is 0.308. The lowest BCUT2D eigenvalue weighted by Crippen LogP contribution is -2.40. The number of hydrogen-bond acceptors (Lipinski definition) is 3.